The summed E-state index contributed by atoms with van der Waals surface area (Å²) in [4.78, 5) is 28.0. The number of ketones is 1. The van der Waals surface area contributed by atoms with Crippen molar-refractivity contribution in [2.75, 3.05) is 33.4 Å². The van der Waals surface area contributed by atoms with E-state index in [0.29, 0.717) is 29.8 Å². The molecule has 10 heteroatoms. The Morgan fingerprint density at radius 2 is 1.85 bits per heavy atom. The van der Waals surface area contributed by atoms with Gasteiger partial charge in [-0.2, -0.15) is 4.31 Å². The van der Waals surface area contributed by atoms with Crippen LogP contribution in [0.5, 0.6) is 0 Å². The first kappa shape index (κ1) is 24.8. The van der Waals surface area contributed by atoms with Gasteiger partial charge in [0.2, 0.25) is 10.0 Å². The highest BCUT2D eigenvalue weighted by Crippen LogP contribution is 2.43. The third-order valence-electron chi connectivity index (χ3n) is 6.63. The van der Waals surface area contributed by atoms with E-state index in [1.165, 1.54) is 16.3 Å². The Balaban J connectivity index is 1.76. The number of ether oxygens (including phenoxy) is 1. The van der Waals surface area contributed by atoms with E-state index in [-0.39, 0.29) is 43.4 Å². The van der Waals surface area contributed by atoms with E-state index < -0.39 is 32.9 Å². The van der Waals surface area contributed by atoms with Crippen LogP contribution in [0.3, 0.4) is 0 Å². The van der Waals surface area contributed by atoms with E-state index >= 15 is 0 Å². The summed E-state index contributed by atoms with van der Waals surface area (Å²) in [5.41, 5.74) is -1.30. The zero-order valence-corrected chi connectivity index (χ0v) is 20.4. The molecule has 0 radical (unpaired) electrons. The van der Waals surface area contributed by atoms with E-state index in [9.17, 15) is 22.4 Å². The molecule has 0 unspecified atom stereocenters. The molecule has 2 aromatic rings. The number of nitrogens with zero attached hydrogens (tertiary/aromatic N) is 2. The molecule has 1 saturated heterocycles. The maximum absolute atomic E-state index is 14.9. The lowest BCUT2D eigenvalue weighted by Gasteiger charge is -2.44. The summed E-state index contributed by atoms with van der Waals surface area (Å²) in [7, 11) is -2.50. The predicted molar refractivity (Wildman–Crippen MR) is 125 cm³/mol. The first-order valence-electron chi connectivity index (χ1n) is 11.1. The van der Waals surface area contributed by atoms with E-state index in [1.54, 1.807) is 24.3 Å². The topological polar surface area (TPSA) is 84.0 Å². The summed E-state index contributed by atoms with van der Waals surface area (Å²) in [5.74, 6) is -1.83. The fourth-order valence-corrected chi connectivity index (χ4v) is 6.48. The molecule has 2 fully saturated rings. The third kappa shape index (κ3) is 4.26. The second-order valence-electron chi connectivity index (χ2n) is 8.49. The number of benzene rings is 2. The van der Waals surface area contributed by atoms with Gasteiger partial charge < -0.3 is 9.64 Å². The smallest absolute Gasteiger partial charge is 0.257 e. The molecule has 1 saturated carbocycles. The summed E-state index contributed by atoms with van der Waals surface area (Å²) in [6.07, 6.45) is 1.97. The molecule has 0 aromatic heterocycles. The van der Waals surface area contributed by atoms with Gasteiger partial charge in [0, 0.05) is 37.1 Å². The number of hydrogen-bond donors (Lipinski definition) is 0. The van der Waals surface area contributed by atoms with Crippen LogP contribution in [0.2, 0.25) is 5.02 Å². The Labute approximate surface area is 203 Å². The highest BCUT2D eigenvalue weighted by atomic mass is 35.5. The van der Waals surface area contributed by atoms with E-state index in [1.807, 2.05) is 0 Å². The minimum Gasteiger partial charge on any atom is -0.379 e. The highest BCUT2D eigenvalue weighted by Gasteiger charge is 2.48. The Hall–Kier alpha value is -2.33. The van der Waals surface area contributed by atoms with Gasteiger partial charge >= 0.3 is 0 Å². The van der Waals surface area contributed by atoms with Crippen LogP contribution in [-0.2, 0) is 25.1 Å². The van der Waals surface area contributed by atoms with Crippen molar-refractivity contribution in [1.29, 1.82) is 0 Å². The fourth-order valence-electron chi connectivity index (χ4n) is 4.75. The highest BCUT2D eigenvalue weighted by molar-refractivity contribution is 7.89. The molecule has 0 bridgehead atoms. The molecule has 1 atom stereocenters. The van der Waals surface area contributed by atoms with Crippen LogP contribution in [0.25, 0.3) is 0 Å². The Morgan fingerprint density at radius 3 is 2.53 bits per heavy atom. The van der Waals surface area contributed by atoms with Crippen LogP contribution in [0, 0.1) is 5.82 Å². The number of carbonyl (C=O) groups excluding carboxylic acids is 2. The number of halogens is 2. The van der Waals surface area contributed by atoms with Crippen LogP contribution in [-0.4, -0.2) is 62.7 Å². The van der Waals surface area contributed by atoms with Gasteiger partial charge in [0.05, 0.1) is 23.7 Å². The van der Waals surface area contributed by atoms with Crippen molar-refractivity contribution < 1.29 is 27.1 Å². The Morgan fingerprint density at radius 1 is 1.15 bits per heavy atom. The standard InChI is InChI=1S/C24H26ClFN2O5S/c1-27(24(11-5-4-8-22(24)29)19-6-2-3-7-20(19)25)23(30)18-16-17(9-10-21(18)26)34(31,32)28-12-14-33-15-13-28/h2-3,6-7,9-10,16H,4-5,8,11-15H2,1H3/t24-/m1/s1. The van der Waals surface area contributed by atoms with Gasteiger partial charge in [-0.25, -0.2) is 12.8 Å². The van der Waals surface area contributed by atoms with Crippen molar-refractivity contribution in [2.45, 2.75) is 36.1 Å². The lowest BCUT2D eigenvalue weighted by atomic mass is 9.74. The summed E-state index contributed by atoms with van der Waals surface area (Å²) < 4.78 is 47.5. The molecule has 1 aliphatic heterocycles. The maximum atomic E-state index is 14.9. The van der Waals surface area contributed by atoms with Crippen LogP contribution < -0.4 is 0 Å². The number of Topliss-reactive ketones (excluding diaryl/α,β-unsaturated/α-hetero) is 1. The molecule has 34 heavy (non-hydrogen) atoms. The quantitative estimate of drug-likeness (QED) is 0.616. The lowest BCUT2D eigenvalue weighted by molar-refractivity contribution is -0.132. The Bertz CT molecular complexity index is 1220. The average molecular weight is 509 g/mol. The molecule has 1 amide bonds. The molecule has 182 valence electrons. The number of amides is 1. The molecule has 0 N–H and O–H groups in total. The van der Waals surface area contributed by atoms with Gasteiger partial charge in [-0.1, -0.05) is 29.8 Å². The molecular formula is C24H26ClFN2O5S. The van der Waals surface area contributed by atoms with Gasteiger partial charge in [-0.15, -0.1) is 0 Å². The van der Waals surface area contributed by atoms with E-state index in [4.69, 9.17) is 16.3 Å². The largest absolute Gasteiger partial charge is 0.379 e. The minimum absolute atomic E-state index is 0.174. The Kier molecular flexibility index (Phi) is 7.09. The van der Waals surface area contributed by atoms with E-state index in [0.717, 1.165) is 18.2 Å². The van der Waals surface area contributed by atoms with Crippen molar-refractivity contribution >= 4 is 33.3 Å². The second kappa shape index (κ2) is 9.73. The van der Waals surface area contributed by atoms with Crippen LogP contribution in [0.4, 0.5) is 4.39 Å². The minimum atomic E-state index is -3.94. The van der Waals surface area contributed by atoms with Crippen molar-refractivity contribution in [3.63, 3.8) is 0 Å². The van der Waals surface area contributed by atoms with Crippen LogP contribution >= 0.6 is 11.6 Å². The average Bonchev–Trinajstić information content (AvgIpc) is 2.85. The molecule has 1 aliphatic carbocycles. The third-order valence-corrected chi connectivity index (χ3v) is 8.85. The zero-order chi connectivity index (χ0) is 24.5. The number of sulfonamides is 1. The number of hydrogen-bond acceptors (Lipinski definition) is 5. The first-order valence-corrected chi connectivity index (χ1v) is 13.0. The maximum Gasteiger partial charge on any atom is 0.257 e. The molecule has 7 nitrogen and oxygen atoms in total. The molecule has 2 aliphatic rings. The van der Waals surface area contributed by atoms with Crippen molar-refractivity contribution in [3.05, 3.63) is 64.4 Å². The van der Waals surface area contributed by atoms with Crippen molar-refractivity contribution in [2.24, 2.45) is 0 Å². The number of likely N-dealkylation sites (N-methyl/N-ethyl adjacent to an activating group) is 1. The SMILES string of the molecule is CN(C(=O)c1cc(S(=O)(=O)N2CCOCC2)ccc1F)[C@@]1(c2ccccc2Cl)CCCCC1=O. The summed E-state index contributed by atoms with van der Waals surface area (Å²) in [6, 6.07) is 9.98. The van der Waals surface area contributed by atoms with Gasteiger partial charge in [-0.3, -0.25) is 9.59 Å². The van der Waals surface area contributed by atoms with Crippen molar-refractivity contribution in [1.82, 2.24) is 9.21 Å². The summed E-state index contributed by atoms with van der Waals surface area (Å²) >= 11 is 6.45. The molecule has 1 heterocycles. The van der Waals surface area contributed by atoms with Gasteiger partial charge in [0.15, 0.2) is 5.78 Å². The monoisotopic (exact) mass is 508 g/mol. The fraction of sp³-hybridized carbons (Fsp3) is 0.417. The van der Waals surface area contributed by atoms with E-state index in [2.05, 4.69) is 0 Å². The van der Waals surface area contributed by atoms with Gasteiger partial charge in [0.1, 0.15) is 11.4 Å². The van der Waals surface area contributed by atoms with Crippen LogP contribution in [0.15, 0.2) is 47.4 Å². The normalized spacial score (nSPS) is 21.9. The number of carbonyl (C=O) groups is 2. The molecule has 4 rings (SSSR count). The molecule has 0 spiro atoms. The first-order chi connectivity index (χ1) is 16.2. The number of morpholine rings is 1. The van der Waals surface area contributed by atoms with Gasteiger partial charge in [-0.05, 0) is 43.5 Å². The van der Waals surface area contributed by atoms with Crippen LogP contribution in [0.1, 0.15) is 41.6 Å². The van der Waals surface area contributed by atoms with Gasteiger partial charge in [0.25, 0.3) is 5.91 Å². The zero-order valence-electron chi connectivity index (χ0n) is 18.8. The predicted octanol–water partition coefficient (Wildman–Crippen LogP) is 3.61. The summed E-state index contributed by atoms with van der Waals surface area (Å²) in [6.45, 7) is 0.870. The summed E-state index contributed by atoms with van der Waals surface area (Å²) in [5, 5.41) is 0.335. The second-order valence-corrected chi connectivity index (χ2v) is 10.8. The number of rotatable bonds is 5. The molecule has 2 aromatic carbocycles. The lowest BCUT2D eigenvalue weighted by Crippen LogP contribution is -2.54. The molecular weight excluding hydrogens is 483 g/mol. The van der Waals surface area contributed by atoms with Crippen molar-refractivity contribution in [3.8, 4) is 0 Å².